The van der Waals surface area contributed by atoms with E-state index in [1.807, 2.05) is 49.4 Å². The number of carbonyl (C=O) groups excluding carboxylic acids is 1. The number of fused-ring (bicyclic) bond motifs is 3. The van der Waals surface area contributed by atoms with Gasteiger partial charge >= 0.3 is 12.1 Å². The SMILES string of the molecule is COC(=O)N1c2ccc3c(nc([C@@H](c4ccccc4)[S+](C)[O-])n3C3CCC(C(=O)O)CC3)c2CC[C@@H]1C. The van der Waals surface area contributed by atoms with Crippen LogP contribution in [0.5, 0.6) is 0 Å². The van der Waals surface area contributed by atoms with Gasteiger partial charge in [0, 0.05) is 23.2 Å². The van der Waals surface area contributed by atoms with Crippen molar-refractivity contribution in [2.45, 2.75) is 62.8 Å². The van der Waals surface area contributed by atoms with Gasteiger partial charge in [-0.1, -0.05) is 30.3 Å². The first kappa shape index (κ1) is 25.6. The van der Waals surface area contributed by atoms with E-state index < -0.39 is 28.5 Å². The normalized spacial score (nSPS) is 23.4. The minimum Gasteiger partial charge on any atom is -0.616 e. The van der Waals surface area contributed by atoms with Crippen LogP contribution in [0.25, 0.3) is 11.0 Å². The first-order valence-corrected chi connectivity index (χ1v) is 14.4. The molecule has 37 heavy (non-hydrogen) atoms. The molecule has 2 aromatic carbocycles. The summed E-state index contributed by atoms with van der Waals surface area (Å²) >= 11 is -1.25. The number of hydrogen-bond donors (Lipinski definition) is 1. The number of aliphatic carboxylic acids is 1. The molecule has 1 fully saturated rings. The molecule has 5 rings (SSSR count). The average molecular weight is 524 g/mol. The number of amides is 1. The number of rotatable bonds is 5. The number of carboxylic acid groups (broad SMARTS) is 1. The number of hydrogen-bond acceptors (Lipinski definition) is 5. The maximum atomic E-state index is 13.2. The van der Waals surface area contributed by atoms with Crippen LogP contribution >= 0.6 is 0 Å². The van der Waals surface area contributed by atoms with Gasteiger partial charge in [0.15, 0.2) is 11.1 Å². The number of carbonyl (C=O) groups is 2. The van der Waals surface area contributed by atoms with Crippen molar-refractivity contribution >= 4 is 40.0 Å². The highest BCUT2D eigenvalue weighted by Gasteiger charge is 2.37. The minimum absolute atomic E-state index is 0.00506. The molecule has 1 saturated carbocycles. The van der Waals surface area contributed by atoms with Gasteiger partial charge in [0.2, 0.25) is 0 Å². The highest BCUT2D eigenvalue weighted by Crippen LogP contribution is 2.43. The number of aryl methyl sites for hydroxylation is 1. The Morgan fingerprint density at radius 3 is 2.43 bits per heavy atom. The van der Waals surface area contributed by atoms with Crippen molar-refractivity contribution in [3.8, 4) is 0 Å². The van der Waals surface area contributed by atoms with Crippen molar-refractivity contribution in [3.05, 3.63) is 59.4 Å². The fourth-order valence-corrected chi connectivity index (χ4v) is 7.06. The Labute approximate surface area is 219 Å². The molecule has 0 saturated heterocycles. The van der Waals surface area contributed by atoms with Gasteiger partial charge in [-0.3, -0.25) is 9.69 Å². The van der Waals surface area contributed by atoms with Crippen LogP contribution in [0.15, 0.2) is 42.5 Å². The van der Waals surface area contributed by atoms with Crippen LogP contribution in [0, 0.1) is 5.92 Å². The third-order valence-electron chi connectivity index (χ3n) is 7.93. The van der Waals surface area contributed by atoms with E-state index in [1.165, 1.54) is 7.11 Å². The lowest BCUT2D eigenvalue weighted by atomic mass is 9.85. The minimum atomic E-state index is -1.25. The molecule has 9 heteroatoms. The van der Waals surface area contributed by atoms with E-state index in [2.05, 4.69) is 4.57 Å². The molecule has 3 aromatic rings. The number of nitrogens with zero attached hydrogens (tertiary/aromatic N) is 3. The van der Waals surface area contributed by atoms with Gasteiger partial charge in [0.1, 0.15) is 0 Å². The molecule has 196 valence electrons. The van der Waals surface area contributed by atoms with Crippen LogP contribution in [-0.2, 0) is 27.1 Å². The lowest BCUT2D eigenvalue weighted by molar-refractivity contribution is -0.143. The first-order valence-electron chi connectivity index (χ1n) is 12.8. The number of imidazole rings is 1. The number of aromatic nitrogens is 2. The molecule has 0 radical (unpaired) electrons. The quantitative estimate of drug-likeness (QED) is 0.459. The van der Waals surface area contributed by atoms with Crippen molar-refractivity contribution in [2.24, 2.45) is 5.92 Å². The molecule has 1 unspecified atom stereocenters. The largest absolute Gasteiger partial charge is 0.616 e. The van der Waals surface area contributed by atoms with E-state index >= 15 is 0 Å². The Hall–Kier alpha value is -3.04. The van der Waals surface area contributed by atoms with E-state index in [-0.39, 0.29) is 18.0 Å². The van der Waals surface area contributed by atoms with Gasteiger partial charge in [-0.2, -0.15) is 0 Å². The smallest absolute Gasteiger partial charge is 0.414 e. The second-order valence-electron chi connectivity index (χ2n) is 10.1. The van der Waals surface area contributed by atoms with E-state index in [9.17, 15) is 19.2 Å². The van der Waals surface area contributed by atoms with E-state index in [0.29, 0.717) is 12.8 Å². The summed E-state index contributed by atoms with van der Waals surface area (Å²) in [5.41, 5.74) is 4.49. The number of carboxylic acids is 1. The Bertz CT molecular complexity index is 1300. The molecule has 1 N–H and O–H groups in total. The monoisotopic (exact) mass is 523 g/mol. The summed E-state index contributed by atoms with van der Waals surface area (Å²) in [6.45, 7) is 2.01. The number of methoxy groups -OCH3 is 1. The first-order chi connectivity index (χ1) is 17.8. The molecular weight excluding hydrogens is 490 g/mol. The fourth-order valence-electron chi connectivity index (χ4n) is 6.06. The van der Waals surface area contributed by atoms with Crippen molar-refractivity contribution in [1.82, 2.24) is 9.55 Å². The molecule has 0 bridgehead atoms. The zero-order chi connectivity index (χ0) is 26.3. The molecule has 2 heterocycles. The summed E-state index contributed by atoms with van der Waals surface area (Å²) in [6, 6.07) is 13.8. The predicted molar refractivity (Wildman–Crippen MR) is 143 cm³/mol. The topological polar surface area (TPSA) is 108 Å². The molecule has 1 aromatic heterocycles. The van der Waals surface area contributed by atoms with Gasteiger partial charge in [0.05, 0.1) is 36.0 Å². The van der Waals surface area contributed by atoms with Crippen LogP contribution in [0.3, 0.4) is 0 Å². The third-order valence-corrected chi connectivity index (χ3v) is 9.08. The van der Waals surface area contributed by atoms with Crippen LogP contribution in [0.1, 0.15) is 67.3 Å². The standard InChI is InChI=1S/C28H33N3O5S/c1-17-9-14-21-22(30(17)28(34)36-2)15-16-23-24(21)29-26(25(37(3)35)18-7-5-4-6-8-18)31(23)20-12-10-19(11-13-20)27(32)33/h4-8,15-17,19-20,25H,9-14H2,1-3H3,(H,32,33)/t17-,19?,20?,25+,37?/m0/s1. The Morgan fingerprint density at radius 2 is 1.81 bits per heavy atom. The van der Waals surface area contributed by atoms with E-state index in [0.717, 1.165) is 59.4 Å². The fraction of sp³-hybridized carbons (Fsp3) is 0.464. The zero-order valence-corrected chi connectivity index (χ0v) is 22.2. The van der Waals surface area contributed by atoms with Crippen LogP contribution in [0.4, 0.5) is 10.5 Å². The summed E-state index contributed by atoms with van der Waals surface area (Å²) in [7, 11) is 1.39. The zero-order valence-electron chi connectivity index (χ0n) is 21.4. The van der Waals surface area contributed by atoms with Crippen molar-refractivity contribution in [1.29, 1.82) is 0 Å². The predicted octanol–water partition coefficient (Wildman–Crippen LogP) is 5.23. The number of ether oxygens (including phenoxy) is 1. The van der Waals surface area contributed by atoms with Crippen LogP contribution in [-0.4, -0.2) is 50.7 Å². The summed E-state index contributed by atoms with van der Waals surface area (Å²) in [4.78, 5) is 31.1. The Balaban J connectivity index is 1.70. The molecule has 1 aliphatic heterocycles. The summed E-state index contributed by atoms with van der Waals surface area (Å²) < 4.78 is 20.5. The second kappa shape index (κ2) is 10.4. The third kappa shape index (κ3) is 4.59. The summed E-state index contributed by atoms with van der Waals surface area (Å²) in [5.74, 6) is -0.336. The van der Waals surface area contributed by atoms with Crippen LogP contribution in [0.2, 0.25) is 0 Å². The summed E-state index contributed by atoms with van der Waals surface area (Å²) in [6.07, 6.45) is 5.51. The molecule has 3 atom stereocenters. The highest BCUT2D eigenvalue weighted by molar-refractivity contribution is 7.91. The average Bonchev–Trinajstić information content (AvgIpc) is 3.27. The van der Waals surface area contributed by atoms with Crippen molar-refractivity contribution in [3.63, 3.8) is 0 Å². The Kier molecular flexibility index (Phi) is 7.18. The van der Waals surface area contributed by atoms with Crippen LogP contribution < -0.4 is 4.90 Å². The van der Waals surface area contributed by atoms with Gasteiger partial charge in [-0.15, -0.1) is 0 Å². The number of anilines is 1. The lowest BCUT2D eigenvalue weighted by Gasteiger charge is -2.34. The lowest BCUT2D eigenvalue weighted by Crippen LogP contribution is -2.42. The second-order valence-corrected chi connectivity index (χ2v) is 11.6. The van der Waals surface area contributed by atoms with E-state index in [1.54, 1.807) is 11.2 Å². The molecule has 8 nitrogen and oxygen atoms in total. The molecule has 1 aliphatic carbocycles. The molecule has 1 amide bonds. The van der Waals surface area contributed by atoms with Crippen molar-refractivity contribution < 1.29 is 24.0 Å². The summed E-state index contributed by atoms with van der Waals surface area (Å²) in [5, 5.41) is 9.10. The highest BCUT2D eigenvalue weighted by atomic mass is 32.2. The van der Waals surface area contributed by atoms with Gasteiger partial charge in [0.25, 0.3) is 0 Å². The maximum Gasteiger partial charge on any atom is 0.414 e. The molecule has 2 aliphatic rings. The van der Waals surface area contributed by atoms with E-state index in [4.69, 9.17) is 9.72 Å². The maximum absolute atomic E-state index is 13.2. The van der Waals surface area contributed by atoms with Crippen molar-refractivity contribution in [2.75, 3.05) is 18.3 Å². The Morgan fingerprint density at radius 1 is 1.11 bits per heavy atom. The molecular formula is C28H33N3O5S. The number of benzene rings is 2. The molecule has 0 spiro atoms. The van der Waals surface area contributed by atoms with Gasteiger partial charge in [-0.25, -0.2) is 9.78 Å². The van der Waals surface area contributed by atoms with Gasteiger partial charge < -0.3 is 19.0 Å². The van der Waals surface area contributed by atoms with Gasteiger partial charge in [-0.05, 0) is 68.8 Å².